The summed E-state index contributed by atoms with van der Waals surface area (Å²) >= 11 is 0. The van der Waals surface area contributed by atoms with E-state index in [9.17, 15) is 5.26 Å². The average molecular weight is 277 g/mol. The maximum atomic E-state index is 9.47. The molecule has 2 heterocycles. The number of rotatable bonds is 2. The van der Waals surface area contributed by atoms with Crippen LogP contribution in [-0.4, -0.2) is 18.1 Å². The summed E-state index contributed by atoms with van der Waals surface area (Å²) in [4.78, 5) is 6.96. The SMILES string of the molecule is Cc1nc(-c2ccccc2)cc(N2CCCCC2)c1C#N. The number of aromatic nitrogens is 1. The van der Waals surface area contributed by atoms with Crippen molar-refractivity contribution in [2.75, 3.05) is 18.0 Å². The van der Waals surface area contributed by atoms with Crippen molar-refractivity contribution in [3.05, 3.63) is 47.7 Å². The van der Waals surface area contributed by atoms with E-state index in [0.29, 0.717) is 0 Å². The molecule has 3 nitrogen and oxygen atoms in total. The molecule has 3 rings (SSSR count). The Morgan fingerprint density at radius 3 is 2.48 bits per heavy atom. The normalized spacial score (nSPS) is 14.8. The summed E-state index contributed by atoms with van der Waals surface area (Å²) in [5, 5.41) is 9.47. The van der Waals surface area contributed by atoms with Gasteiger partial charge in [0.2, 0.25) is 0 Å². The van der Waals surface area contributed by atoms with Crippen molar-refractivity contribution in [1.29, 1.82) is 5.26 Å². The Morgan fingerprint density at radius 1 is 1.10 bits per heavy atom. The molecule has 0 unspecified atom stereocenters. The van der Waals surface area contributed by atoms with Gasteiger partial charge in [-0.3, -0.25) is 4.98 Å². The molecule has 1 aromatic heterocycles. The first-order valence-corrected chi connectivity index (χ1v) is 7.51. The fourth-order valence-corrected chi connectivity index (χ4v) is 2.94. The first-order chi connectivity index (χ1) is 10.3. The lowest BCUT2D eigenvalue weighted by Crippen LogP contribution is -2.30. The minimum absolute atomic E-state index is 0.719. The summed E-state index contributed by atoms with van der Waals surface area (Å²) in [7, 11) is 0. The van der Waals surface area contributed by atoms with E-state index in [-0.39, 0.29) is 0 Å². The third kappa shape index (κ3) is 2.75. The molecule has 0 N–H and O–H groups in total. The van der Waals surface area contributed by atoms with Crippen LogP contribution in [0.5, 0.6) is 0 Å². The van der Waals surface area contributed by atoms with E-state index in [2.05, 4.69) is 34.2 Å². The van der Waals surface area contributed by atoms with Gasteiger partial charge in [0.1, 0.15) is 6.07 Å². The van der Waals surface area contributed by atoms with Gasteiger partial charge < -0.3 is 4.90 Å². The number of aryl methyl sites for hydroxylation is 1. The highest BCUT2D eigenvalue weighted by Crippen LogP contribution is 2.30. The Kier molecular flexibility index (Phi) is 3.87. The molecule has 0 bridgehead atoms. The highest BCUT2D eigenvalue weighted by molar-refractivity contribution is 5.70. The summed E-state index contributed by atoms with van der Waals surface area (Å²) in [6.45, 7) is 4.00. The van der Waals surface area contributed by atoms with Crippen LogP contribution >= 0.6 is 0 Å². The van der Waals surface area contributed by atoms with Crippen LogP contribution in [0.4, 0.5) is 5.69 Å². The molecule has 106 valence electrons. The van der Waals surface area contributed by atoms with Crippen LogP contribution in [0.2, 0.25) is 0 Å². The Labute approximate surface area is 125 Å². The molecule has 1 aliphatic rings. The minimum atomic E-state index is 0.719. The lowest BCUT2D eigenvalue weighted by atomic mass is 10.0. The van der Waals surface area contributed by atoms with Crippen molar-refractivity contribution in [2.24, 2.45) is 0 Å². The summed E-state index contributed by atoms with van der Waals surface area (Å²) in [6, 6.07) is 14.6. The van der Waals surface area contributed by atoms with E-state index in [1.54, 1.807) is 0 Å². The maximum absolute atomic E-state index is 9.47. The second-order valence-corrected chi connectivity index (χ2v) is 5.51. The first-order valence-electron chi connectivity index (χ1n) is 7.51. The zero-order chi connectivity index (χ0) is 14.7. The summed E-state index contributed by atoms with van der Waals surface area (Å²) in [5.41, 5.74) is 4.63. The lowest BCUT2D eigenvalue weighted by molar-refractivity contribution is 0.577. The monoisotopic (exact) mass is 277 g/mol. The quantitative estimate of drug-likeness (QED) is 0.835. The molecule has 0 amide bonds. The van der Waals surface area contributed by atoms with Crippen molar-refractivity contribution in [2.45, 2.75) is 26.2 Å². The molecular weight excluding hydrogens is 258 g/mol. The number of nitrogens with zero attached hydrogens (tertiary/aromatic N) is 3. The molecule has 0 radical (unpaired) electrons. The van der Waals surface area contributed by atoms with Crippen molar-refractivity contribution in [3.8, 4) is 17.3 Å². The second-order valence-electron chi connectivity index (χ2n) is 5.51. The van der Waals surface area contributed by atoms with Gasteiger partial charge in [0.25, 0.3) is 0 Å². The van der Waals surface area contributed by atoms with Gasteiger partial charge in [-0.1, -0.05) is 30.3 Å². The molecule has 1 aromatic carbocycles. The standard InChI is InChI=1S/C18H19N3/c1-14-16(13-19)18(21-10-6-3-7-11-21)12-17(20-14)15-8-4-2-5-9-15/h2,4-5,8-9,12H,3,6-7,10-11H2,1H3. The van der Waals surface area contributed by atoms with Gasteiger partial charge in [-0.2, -0.15) is 5.26 Å². The molecule has 2 aromatic rings. The van der Waals surface area contributed by atoms with Crippen molar-refractivity contribution >= 4 is 5.69 Å². The predicted molar refractivity (Wildman–Crippen MR) is 85.2 cm³/mol. The van der Waals surface area contributed by atoms with Gasteiger partial charge in [-0.25, -0.2) is 0 Å². The highest BCUT2D eigenvalue weighted by Gasteiger charge is 2.18. The number of hydrogen-bond acceptors (Lipinski definition) is 3. The zero-order valence-electron chi connectivity index (χ0n) is 12.3. The Bertz CT molecular complexity index is 665. The maximum Gasteiger partial charge on any atom is 0.103 e. The minimum Gasteiger partial charge on any atom is -0.370 e. The second kappa shape index (κ2) is 5.97. The fraction of sp³-hybridized carbons (Fsp3) is 0.333. The van der Waals surface area contributed by atoms with Gasteiger partial charge in [-0.15, -0.1) is 0 Å². The Balaban J connectivity index is 2.09. The Morgan fingerprint density at radius 2 is 1.81 bits per heavy atom. The third-order valence-corrected chi connectivity index (χ3v) is 4.06. The third-order valence-electron chi connectivity index (χ3n) is 4.06. The molecule has 0 saturated carbocycles. The summed E-state index contributed by atoms with van der Waals surface area (Å²) in [6.07, 6.45) is 3.69. The molecular formula is C18H19N3. The van der Waals surface area contributed by atoms with Crippen molar-refractivity contribution in [1.82, 2.24) is 4.98 Å². The smallest absolute Gasteiger partial charge is 0.103 e. The van der Waals surface area contributed by atoms with Gasteiger partial charge >= 0.3 is 0 Å². The molecule has 0 spiro atoms. The van der Waals surface area contributed by atoms with Crippen LogP contribution in [0.15, 0.2) is 36.4 Å². The van der Waals surface area contributed by atoms with E-state index in [4.69, 9.17) is 0 Å². The number of pyridine rings is 1. The number of anilines is 1. The van der Waals surface area contributed by atoms with Crippen molar-refractivity contribution < 1.29 is 0 Å². The summed E-state index contributed by atoms with van der Waals surface area (Å²) < 4.78 is 0. The van der Waals surface area contributed by atoms with Crippen LogP contribution in [0.1, 0.15) is 30.5 Å². The number of hydrogen-bond donors (Lipinski definition) is 0. The Hall–Kier alpha value is -2.34. The number of benzene rings is 1. The van der Waals surface area contributed by atoms with E-state index >= 15 is 0 Å². The number of piperidine rings is 1. The first kappa shape index (κ1) is 13.6. The summed E-state index contributed by atoms with van der Waals surface area (Å²) in [5.74, 6) is 0. The molecule has 1 aliphatic heterocycles. The topological polar surface area (TPSA) is 39.9 Å². The molecule has 0 atom stereocenters. The van der Waals surface area contributed by atoms with Crippen LogP contribution in [0.3, 0.4) is 0 Å². The van der Waals surface area contributed by atoms with E-state index in [0.717, 1.165) is 41.3 Å². The molecule has 21 heavy (non-hydrogen) atoms. The van der Waals surface area contributed by atoms with Gasteiger partial charge in [-0.05, 0) is 32.3 Å². The van der Waals surface area contributed by atoms with Gasteiger partial charge in [0.05, 0.1) is 22.6 Å². The lowest BCUT2D eigenvalue weighted by Gasteiger charge is -2.30. The van der Waals surface area contributed by atoms with E-state index in [1.165, 1.54) is 19.3 Å². The van der Waals surface area contributed by atoms with Gasteiger partial charge in [0, 0.05) is 18.7 Å². The predicted octanol–water partition coefficient (Wildman–Crippen LogP) is 3.92. The fourth-order valence-electron chi connectivity index (χ4n) is 2.94. The van der Waals surface area contributed by atoms with E-state index < -0.39 is 0 Å². The van der Waals surface area contributed by atoms with Crippen LogP contribution in [0.25, 0.3) is 11.3 Å². The highest BCUT2D eigenvalue weighted by atomic mass is 15.1. The molecule has 1 saturated heterocycles. The van der Waals surface area contributed by atoms with E-state index in [1.807, 2.05) is 25.1 Å². The average Bonchev–Trinajstić information content (AvgIpc) is 2.55. The van der Waals surface area contributed by atoms with Crippen LogP contribution in [0, 0.1) is 18.3 Å². The van der Waals surface area contributed by atoms with Gasteiger partial charge in [0.15, 0.2) is 0 Å². The van der Waals surface area contributed by atoms with Crippen LogP contribution < -0.4 is 4.90 Å². The molecule has 3 heteroatoms. The van der Waals surface area contributed by atoms with Crippen LogP contribution in [-0.2, 0) is 0 Å². The molecule has 1 fully saturated rings. The zero-order valence-corrected chi connectivity index (χ0v) is 12.3. The van der Waals surface area contributed by atoms with Crippen molar-refractivity contribution in [3.63, 3.8) is 0 Å². The largest absolute Gasteiger partial charge is 0.370 e. The number of nitriles is 1. The molecule has 0 aliphatic carbocycles.